The molecule has 0 radical (unpaired) electrons. The normalized spacial score (nSPS) is 21.5. The first-order valence-electron chi connectivity index (χ1n) is 11.8. The van der Waals surface area contributed by atoms with Gasteiger partial charge in [0.2, 0.25) is 0 Å². The van der Waals surface area contributed by atoms with Crippen LogP contribution < -0.4 is 20.9 Å². The average molecular weight is 474 g/mol. The lowest BCUT2D eigenvalue weighted by Crippen LogP contribution is -2.49. The molecule has 0 spiro atoms. The van der Waals surface area contributed by atoms with E-state index in [1.807, 2.05) is 47.8 Å². The van der Waals surface area contributed by atoms with Gasteiger partial charge in [-0.05, 0) is 36.6 Å². The van der Waals surface area contributed by atoms with Crippen LogP contribution >= 0.6 is 0 Å². The molecule has 4 aliphatic rings. The van der Waals surface area contributed by atoms with Crippen molar-refractivity contribution in [3.8, 4) is 0 Å². The smallest absolute Gasteiger partial charge is 0.270 e. The standard InChI is InChI=1S/C25H27N7O3/c1-30-10-11-32-20(14-27-23(32)25(30)35)17-3-4-19(22-18(17)13-28-24(22)34)29-21-5-2-15(12-26-21)31-8-6-16(33)7-9-31/h2-5,10-12,14,16,23,27,33H,6-9,13H2,1H3,(H,26,29)(H,28,34). The average Bonchev–Trinajstić information content (AvgIpc) is 3.47. The Kier molecular flexibility index (Phi) is 5.10. The van der Waals surface area contributed by atoms with Crippen LogP contribution in [0.4, 0.5) is 17.2 Å². The molecule has 180 valence electrons. The number of piperidine rings is 1. The van der Waals surface area contributed by atoms with Crippen molar-refractivity contribution in [1.82, 2.24) is 25.4 Å². The van der Waals surface area contributed by atoms with Crippen LogP contribution in [0.15, 0.2) is 49.1 Å². The predicted molar refractivity (Wildman–Crippen MR) is 131 cm³/mol. The molecular weight excluding hydrogens is 446 g/mol. The molecule has 1 saturated heterocycles. The maximum absolute atomic E-state index is 12.8. The molecule has 2 aromatic rings. The summed E-state index contributed by atoms with van der Waals surface area (Å²) < 4.78 is 0. The zero-order valence-electron chi connectivity index (χ0n) is 19.4. The van der Waals surface area contributed by atoms with E-state index in [0.717, 1.165) is 48.4 Å². The summed E-state index contributed by atoms with van der Waals surface area (Å²) in [6, 6.07) is 7.77. The van der Waals surface area contributed by atoms with E-state index in [9.17, 15) is 14.7 Å². The molecule has 0 aliphatic carbocycles. The van der Waals surface area contributed by atoms with Crippen molar-refractivity contribution in [1.29, 1.82) is 0 Å². The fourth-order valence-electron chi connectivity index (χ4n) is 5.06. The molecule has 1 fully saturated rings. The van der Waals surface area contributed by atoms with Crippen molar-refractivity contribution < 1.29 is 14.7 Å². The predicted octanol–water partition coefficient (Wildman–Crippen LogP) is 1.50. The van der Waals surface area contributed by atoms with Crippen LogP contribution in [0.2, 0.25) is 0 Å². The van der Waals surface area contributed by atoms with Crippen LogP contribution in [-0.4, -0.2) is 64.1 Å². The van der Waals surface area contributed by atoms with E-state index in [0.29, 0.717) is 23.6 Å². The van der Waals surface area contributed by atoms with Crippen molar-refractivity contribution in [2.75, 3.05) is 30.4 Å². The SMILES string of the molecule is CN1C=CN2C(c3ccc(Nc4ccc(N5CCC(O)CC5)cn4)c4c3CNC4=O)=CNC2C1=O. The molecular formula is C25H27N7O3. The molecule has 4 N–H and O–H groups in total. The zero-order valence-corrected chi connectivity index (χ0v) is 19.4. The fraction of sp³-hybridized carbons (Fsp3) is 0.320. The Labute approximate surface area is 202 Å². The molecule has 10 heteroatoms. The van der Waals surface area contributed by atoms with Gasteiger partial charge < -0.3 is 35.8 Å². The Hall–Kier alpha value is -4.05. The second kappa shape index (κ2) is 8.31. The van der Waals surface area contributed by atoms with Gasteiger partial charge in [-0.2, -0.15) is 0 Å². The van der Waals surface area contributed by atoms with Gasteiger partial charge in [-0.1, -0.05) is 6.07 Å². The highest BCUT2D eigenvalue weighted by atomic mass is 16.3. The molecule has 0 bridgehead atoms. The zero-order chi connectivity index (χ0) is 24.1. The second-order valence-electron chi connectivity index (χ2n) is 9.20. The molecule has 1 atom stereocenters. The first-order valence-corrected chi connectivity index (χ1v) is 11.8. The van der Waals surface area contributed by atoms with Gasteiger partial charge in [-0.25, -0.2) is 4.98 Å². The third-order valence-corrected chi connectivity index (χ3v) is 7.05. The van der Waals surface area contributed by atoms with Gasteiger partial charge in [0.05, 0.1) is 34.9 Å². The number of carbonyl (C=O) groups is 2. The van der Waals surface area contributed by atoms with E-state index < -0.39 is 6.17 Å². The van der Waals surface area contributed by atoms with Gasteiger partial charge in [0.25, 0.3) is 11.8 Å². The Morgan fingerprint density at radius 1 is 1.11 bits per heavy atom. The summed E-state index contributed by atoms with van der Waals surface area (Å²) in [6.07, 6.45) is 8.08. The molecule has 0 saturated carbocycles. The third-order valence-electron chi connectivity index (χ3n) is 7.05. The lowest BCUT2D eigenvalue weighted by molar-refractivity contribution is -0.132. The minimum absolute atomic E-state index is 0.0434. The number of benzene rings is 1. The number of likely N-dealkylation sites (N-methyl/N-ethyl adjacent to an activating group) is 1. The van der Waals surface area contributed by atoms with E-state index in [1.54, 1.807) is 18.1 Å². The number of pyridine rings is 1. The van der Waals surface area contributed by atoms with Gasteiger partial charge in [0.1, 0.15) is 5.82 Å². The van der Waals surface area contributed by atoms with E-state index in [2.05, 4.69) is 25.8 Å². The molecule has 1 unspecified atom stereocenters. The van der Waals surface area contributed by atoms with Crippen molar-refractivity contribution in [3.05, 3.63) is 65.8 Å². The Morgan fingerprint density at radius 3 is 2.71 bits per heavy atom. The van der Waals surface area contributed by atoms with Crippen molar-refractivity contribution in [2.45, 2.75) is 31.7 Å². The van der Waals surface area contributed by atoms with Crippen LogP contribution in [0.1, 0.15) is 34.3 Å². The van der Waals surface area contributed by atoms with Crippen LogP contribution in [0.3, 0.4) is 0 Å². The molecule has 2 amide bonds. The number of nitrogens with zero attached hydrogens (tertiary/aromatic N) is 4. The highest BCUT2D eigenvalue weighted by Crippen LogP contribution is 2.37. The van der Waals surface area contributed by atoms with E-state index in [4.69, 9.17) is 0 Å². The van der Waals surface area contributed by atoms with Crippen LogP contribution in [0, 0.1) is 0 Å². The van der Waals surface area contributed by atoms with E-state index >= 15 is 0 Å². The summed E-state index contributed by atoms with van der Waals surface area (Å²) in [6.45, 7) is 2.04. The Balaban J connectivity index is 1.26. The first kappa shape index (κ1) is 21.5. The number of rotatable bonds is 4. The summed E-state index contributed by atoms with van der Waals surface area (Å²) in [5.74, 6) is 0.467. The molecule has 1 aromatic heterocycles. The third kappa shape index (κ3) is 3.66. The minimum atomic E-state index is -0.482. The maximum atomic E-state index is 12.8. The number of hydrogen-bond donors (Lipinski definition) is 4. The number of amides is 2. The first-order chi connectivity index (χ1) is 17.0. The second-order valence-corrected chi connectivity index (χ2v) is 9.20. The number of aromatic nitrogens is 1. The number of fused-ring (bicyclic) bond motifs is 2. The highest BCUT2D eigenvalue weighted by molar-refractivity contribution is 6.05. The molecule has 10 nitrogen and oxygen atoms in total. The molecule has 5 heterocycles. The largest absolute Gasteiger partial charge is 0.393 e. The van der Waals surface area contributed by atoms with Crippen molar-refractivity contribution in [2.24, 2.45) is 0 Å². The molecule has 35 heavy (non-hydrogen) atoms. The van der Waals surface area contributed by atoms with Crippen molar-refractivity contribution >= 4 is 34.7 Å². The molecule has 4 aliphatic heterocycles. The number of carbonyl (C=O) groups excluding carboxylic acids is 2. The summed E-state index contributed by atoms with van der Waals surface area (Å²) in [5.41, 5.74) is 4.93. The lowest BCUT2D eigenvalue weighted by atomic mass is 9.98. The van der Waals surface area contributed by atoms with Gasteiger partial charge in [0.15, 0.2) is 6.17 Å². The summed E-state index contributed by atoms with van der Waals surface area (Å²) in [4.78, 5) is 35.5. The fourth-order valence-corrected chi connectivity index (χ4v) is 5.06. The Bertz CT molecular complexity index is 1250. The minimum Gasteiger partial charge on any atom is -0.393 e. The van der Waals surface area contributed by atoms with Crippen molar-refractivity contribution in [3.63, 3.8) is 0 Å². The van der Waals surface area contributed by atoms with Gasteiger partial charge in [0, 0.05) is 50.8 Å². The van der Waals surface area contributed by atoms with Gasteiger partial charge in [-0.15, -0.1) is 0 Å². The van der Waals surface area contributed by atoms with E-state index in [-0.39, 0.29) is 17.9 Å². The summed E-state index contributed by atoms with van der Waals surface area (Å²) in [5, 5.41) is 19.1. The topological polar surface area (TPSA) is 113 Å². The molecule has 6 rings (SSSR count). The number of nitrogens with one attached hydrogen (secondary N) is 3. The maximum Gasteiger partial charge on any atom is 0.270 e. The summed E-state index contributed by atoms with van der Waals surface area (Å²) in [7, 11) is 1.73. The number of anilines is 3. The lowest BCUT2D eigenvalue weighted by Gasteiger charge is -2.32. The number of aliphatic hydroxyl groups excluding tert-OH is 1. The molecule has 1 aromatic carbocycles. The highest BCUT2D eigenvalue weighted by Gasteiger charge is 2.37. The Morgan fingerprint density at radius 2 is 1.94 bits per heavy atom. The monoisotopic (exact) mass is 473 g/mol. The van der Waals surface area contributed by atoms with Crippen LogP contribution in [0.25, 0.3) is 5.70 Å². The summed E-state index contributed by atoms with van der Waals surface area (Å²) >= 11 is 0. The van der Waals surface area contributed by atoms with Gasteiger partial charge >= 0.3 is 0 Å². The van der Waals surface area contributed by atoms with Gasteiger partial charge in [-0.3, -0.25) is 9.59 Å². The number of aliphatic hydroxyl groups is 1. The number of hydrogen-bond acceptors (Lipinski definition) is 8. The quantitative estimate of drug-likeness (QED) is 0.529. The van der Waals surface area contributed by atoms with Crippen LogP contribution in [0.5, 0.6) is 0 Å². The van der Waals surface area contributed by atoms with E-state index in [1.165, 1.54) is 0 Å². The van der Waals surface area contributed by atoms with Crippen LogP contribution in [-0.2, 0) is 11.3 Å².